The van der Waals surface area contributed by atoms with Gasteiger partial charge in [-0.25, -0.2) is 9.78 Å². The molecule has 4 N–H and O–H groups in total. The molecule has 0 radical (unpaired) electrons. The van der Waals surface area contributed by atoms with Crippen LogP contribution in [0.15, 0.2) is 18.3 Å². The van der Waals surface area contributed by atoms with Crippen LogP contribution in [0.25, 0.3) is 0 Å². The number of rotatable bonds is 3. The standard InChI is InChI=1S/C17H22ClN5O5/c1-17(2,3)28-16(27)22-11-8-20-13(24)6-10(11)21-14(25)15(26)23-12-5-4-9(18)7-19-12/h4-5,7,10-11H,6,8H2,1-3H3,(H,20,24)(H,21,25)(H,22,27)(H,19,23,26)/t10-,11+/m0/s1. The Labute approximate surface area is 166 Å². The summed E-state index contributed by atoms with van der Waals surface area (Å²) in [4.78, 5) is 51.8. The fourth-order valence-electron chi connectivity index (χ4n) is 2.40. The van der Waals surface area contributed by atoms with E-state index in [9.17, 15) is 19.2 Å². The van der Waals surface area contributed by atoms with Crippen LogP contribution in [0.5, 0.6) is 0 Å². The van der Waals surface area contributed by atoms with Gasteiger partial charge in [-0.3, -0.25) is 14.4 Å². The van der Waals surface area contributed by atoms with Crippen molar-refractivity contribution in [2.24, 2.45) is 0 Å². The predicted molar refractivity (Wildman–Crippen MR) is 101 cm³/mol. The number of anilines is 1. The van der Waals surface area contributed by atoms with Crippen molar-refractivity contribution < 1.29 is 23.9 Å². The van der Waals surface area contributed by atoms with Crippen molar-refractivity contribution in [1.29, 1.82) is 0 Å². The lowest BCUT2D eigenvalue weighted by molar-refractivity contribution is -0.137. The maximum atomic E-state index is 12.2. The highest BCUT2D eigenvalue weighted by atomic mass is 35.5. The summed E-state index contributed by atoms with van der Waals surface area (Å²) in [6.45, 7) is 5.22. The molecule has 1 fully saturated rings. The number of aromatic nitrogens is 1. The van der Waals surface area contributed by atoms with Crippen molar-refractivity contribution in [3.63, 3.8) is 0 Å². The number of amides is 4. The third kappa shape index (κ3) is 6.69. The lowest BCUT2D eigenvalue weighted by Gasteiger charge is -2.33. The fraction of sp³-hybridized carbons (Fsp3) is 0.471. The molecule has 1 saturated heterocycles. The predicted octanol–water partition coefficient (Wildman–Crippen LogP) is 0.572. The van der Waals surface area contributed by atoms with Crippen molar-refractivity contribution >= 4 is 41.2 Å². The number of carbonyl (C=O) groups is 4. The lowest BCUT2D eigenvalue weighted by atomic mass is 10.00. The zero-order valence-electron chi connectivity index (χ0n) is 15.7. The Morgan fingerprint density at radius 3 is 2.50 bits per heavy atom. The molecule has 2 heterocycles. The Bertz CT molecular complexity index is 762. The largest absolute Gasteiger partial charge is 0.444 e. The van der Waals surface area contributed by atoms with Crippen LogP contribution in [-0.4, -0.2) is 53.0 Å². The first-order valence-corrected chi connectivity index (χ1v) is 8.91. The highest BCUT2D eigenvalue weighted by molar-refractivity contribution is 6.39. The molecule has 1 aliphatic rings. The first-order chi connectivity index (χ1) is 13.0. The van der Waals surface area contributed by atoms with Gasteiger partial charge in [-0.2, -0.15) is 0 Å². The van der Waals surface area contributed by atoms with Gasteiger partial charge in [-0.1, -0.05) is 11.6 Å². The number of hydrogen-bond donors (Lipinski definition) is 4. The molecular weight excluding hydrogens is 390 g/mol. The van der Waals surface area contributed by atoms with E-state index in [0.29, 0.717) is 5.02 Å². The molecule has 2 rings (SSSR count). The Hall–Kier alpha value is -2.88. The van der Waals surface area contributed by atoms with E-state index < -0.39 is 35.6 Å². The molecular formula is C17H22ClN5O5. The zero-order valence-corrected chi connectivity index (χ0v) is 16.4. The summed E-state index contributed by atoms with van der Waals surface area (Å²) >= 11 is 5.71. The van der Waals surface area contributed by atoms with E-state index in [-0.39, 0.29) is 24.7 Å². The number of ether oxygens (including phenoxy) is 1. The third-order valence-corrected chi connectivity index (χ3v) is 3.83. The molecule has 1 aromatic heterocycles. The summed E-state index contributed by atoms with van der Waals surface area (Å²) in [5.74, 6) is -2.09. The summed E-state index contributed by atoms with van der Waals surface area (Å²) in [6, 6.07) is 1.53. The van der Waals surface area contributed by atoms with Gasteiger partial charge in [0, 0.05) is 19.2 Å². The number of hydrogen-bond acceptors (Lipinski definition) is 6. The van der Waals surface area contributed by atoms with Crippen LogP contribution in [0.4, 0.5) is 10.6 Å². The second-order valence-corrected chi connectivity index (χ2v) is 7.59. The summed E-state index contributed by atoms with van der Waals surface area (Å²) in [6.07, 6.45) is 0.530. The van der Waals surface area contributed by atoms with E-state index in [4.69, 9.17) is 16.3 Å². The monoisotopic (exact) mass is 411 g/mol. The molecule has 152 valence electrons. The lowest BCUT2D eigenvalue weighted by Crippen LogP contribution is -2.62. The number of nitrogens with one attached hydrogen (secondary N) is 4. The number of carbonyl (C=O) groups excluding carboxylic acids is 4. The number of halogens is 1. The molecule has 0 spiro atoms. The van der Waals surface area contributed by atoms with E-state index in [1.807, 2.05) is 0 Å². The minimum absolute atomic E-state index is 0.0867. The van der Waals surface area contributed by atoms with Gasteiger partial charge in [0.15, 0.2) is 0 Å². The first kappa shape index (κ1) is 21.4. The zero-order chi connectivity index (χ0) is 20.9. The molecule has 0 saturated carbocycles. The van der Waals surface area contributed by atoms with Crippen LogP contribution in [0.1, 0.15) is 27.2 Å². The number of piperidine rings is 1. The van der Waals surface area contributed by atoms with Crippen molar-refractivity contribution in [1.82, 2.24) is 20.9 Å². The highest BCUT2D eigenvalue weighted by Gasteiger charge is 2.34. The van der Waals surface area contributed by atoms with Gasteiger partial charge < -0.3 is 26.0 Å². The van der Waals surface area contributed by atoms with Crippen molar-refractivity contribution in [3.8, 4) is 0 Å². The normalized spacial score (nSPS) is 19.2. The Morgan fingerprint density at radius 2 is 1.89 bits per heavy atom. The minimum Gasteiger partial charge on any atom is -0.444 e. The maximum Gasteiger partial charge on any atom is 0.408 e. The van der Waals surface area contributed by atoms with E-state index in [0.717, 1.165) is 0 Å². The number of pyridine rings is 1. The molecule has 11 heteroatoms. The van der Waals surface area contributed by atoms with Crippen molar-refractivity contribution in [2.75, 3.05) is 11.9 Å². The summed E-state index contributed by atoms with van der Waals surface area (Å²) < 4.78 is 5.18. The van der Waals surface area contributed by atoms with Gasteiger partial charge in [0.25, 0.3) is 0 Å². The van der Waals surface area contributed by atoms with E-state index in [1.165, 1.54) is 18.3 Å². The second-order valence-electron chi connectivity index (χ2n) is 7.16. The molecule has 0 bridgehead atoms. The topological polar surface area (TPSA) is 139 Å². The molecule has 4 amide bonds. The van der Waals surface area contributed by atoms with E-state index in [2.05, 4.69) is 26.3 Å². The third-order valence-electron chi connectivity index (χ3n) is 3.60. The van der Waals surface area contributed by atoms with Crippen LogP contribution in [0.2, 0.25) is 5.02 Å². The minimum atomic E-state index is -0.965. The quantitative estimate of drug-likeness (QED) is 0.536. The van der Waals surface area contributed by atoms with Crippen LogP contribution >= 0.6 is 11.6 Å². The van der Waals surface area contributed by atoms with Crippen LogP contribution < -0.4 is 21.3 Å². The van der Waals surface area contributed by atoms with Gasteiger partial charge in [-0.15, -0.1) is 0 Å². The second kappa shape index (κ2) is 8.87. The van der Waals surface area contributed by atoms with Crippen LogP contribution in [-0.2, 0) is 19.1 Å². The average molecular weight is 412 g/mol. The fourth-order valence-corrected chi connectivity index (χ4v) is 2.51. The molecule has 10 nitrogen and oxygen atoms in total. The summed E-state index contributed by atoms with van der Waals surface area (Å²) in [5, 5.41) is 10.4. The number of nitrogens with zero attached hydrogens (tertiary/aromatic N) is 1. The average Bonchev–Trinajstić information content (AvgIpc) is 2.57. The smallest absolute Gasteiger partial charge is 0.408 e. The maximum absolute atomic E-state index is 12.2. The molecule has 28 heavy (non-hydrogen) atoms. The first-order valence-electron chi connectivity index (χ1n) is 8.53. The molecule has 0 unspecified atom stereocenters. The van der Waals surface area contributed by atoms with Gasteiger partial charge >= 0.3 is 17.9 Å². The molecule has 1 aliphatic heterocycles. The molecule has 2 atom stereocenters. The van der Waals surface area contributed by atoms with Crippen molar-refractivity contribution in [3.05, 3.63) is 23.4 Å². The Morgan fingerprint density at radius 1 is 1.18 bits per heavy atom. The Balaban J connectivity index is 1.97. The molecule has 1 aromatic rings. The highest BCUT2D eigenvalue weighted by Crippen LogP contribution is 2.11. The van der Waals surface area contributed by atoms with Gasteiger partial charge in [-0.05, 0) is 32.9 Å². The number of alkyl carbamates (subject to hydrolysis) is 1. The van der Waals surface area contributed by atoms with Gasteiger partial charge in [0.2, 0.25) is 5.91 Å². The molecule has 0 aliphatic carbocycles. The van der Waals surface area contributed by atoms with Gasteiger partial charge in [0.1, 0.15) is 11.4 Å². The van der Waals surface area contributed by atoms with Crippen molar-refractivity contribution in [2.45, 2.75) is 44.9 Å². The Kier molecular flexibility index (Phi) is 6.79. The summed E-state index contributed by atoms with van der Waals surface area (Å²) in [5.41, 5.74) is -0.702. The van der Waals surface area contributed by atoms with Crippen LogP contribution in [0, 0.1) is 0 Å². The van der Waals surface area contributed by atoms with Crippen LogP contribution in [0.3, 0.4) is 0 Å². The van der Waals surface area contributed by atoms with E-state index in [1.54, 1.807) is 20.8 Å². The molecule has 0 aromatic carbocycles. The SMILES string of the molecule is CC(C)(C)OC(=O)N[C@@H]1CNC(=O)C[C@@H]1NC(=O)C(=O)Nc1ccc(Cl)cn1. The summed E-state index contributed by atoms with van der Waals surface area (Å²) in [7, 11) is 0. The van der Waals surface area contributed by atoms with E-state index >= 15 is 0 Å². The van der Waals surface area contributed by atoms with Gasteiger partial charge in [0.05, 0.1) is 17.1 Å².